The first-order chi connectivity index (χ1) is 5.56. The van der Waals surface area contributed by atoms with Gasteiger partial charge in [0.05, 0.1) is 41.0 Å². The first-order valence-electron chi connectivity index (χ1n) is 4.52. The fraction of sp³-hybridized carbons (Fsp3) is 1.00. The highest BCUT2D eigenvalue weighted by atomic mass is 35.5. The van der Waals surface area contributed by atoms with Crippen LogP contribution in [0.1, 0.15) is 6.92 Å². The first-order valence-corrected chi connectivity index (χ1v) is 4.52. The minimum absolute atomic E-state index is 0. The van der Waals surface area contributed by atoms with Crippen molar-refractivity contribution in [3.63, 3.8) is 0 Å². The van der Waals surface area contributed by atoms with Gasteiger partial charge in [-0.05, 0) is 6.92 Å². The summed E-state index contributed by atoms with van der Waals surface area (Å²) < 4.78 is 11.5. The lowest BCUT2D eigenvalue weighted by molar-refractivity contribution is -0.870. The third-order valence-electron chi connectivity index (χ3n) is 1.48. The summed E-state index contributed by atoms with van der Waals surface area (Å²) in [4.78, 5) is 0. The molecule has 3 nitrogen and oxygen atoms in total. The van der Waals surface area contributed by atoms with Gasteiger partial charge >= 0.3 is 0 Å². The highest BCUT2D eigenvalue weighted by molar-refractivity contribution is 4.31. The van der Waals surface area contributed by atoms with Crippen LogP contribution in [0.15, 0.2) is 0 Å². The SMILES string of the molecule is CCOCCOCC[N+](C)(C)C.[Cl-]. The molecule has 0 saturated heterocycles. The molecule has 0 aliphatic heterocycles. The summed E-state index contributed by atoms with van der Waals surface area (Å²) in [7, 11) is 6.48. The Labute approximate surface area is 88.0 Å². The van der Waals surface area contributed by atoms with Crippen molar-refractivity contribution >= 4 is 0 Å². The number of likely N-dealkylation sites (N-methyl/N-ethyl adjacent to an activating group) is 1. The first kappa shape index (κ1) is 15.6. The monoisotopic (exact) mass is 211 g/mol. The summed E-state index contributed by atoms with van der Waals surface area (Å²) in [5.41, 5.74) is 0. The zero-order chi connectivity index (χ0) is 9.45. The zero-order valence-electron chi connectivity index (χ0n) is 9.18. The summed E-state index contributed by atoms with van der Waals surface area (Å²) in [5, 5.41) is 0. The summed E-state index contributed by atoms with van der Waals surface area (Å²) >= 11 is 0. The molecule has 0 aromatic carbocycles. The van der Waals surface area contributed by atoms with Gasteiger partial charge in [0.25, 0.3) is 0 Å². The van der Waals surface area contributed by atoms with Crippen molar-refractivity contribution in [1.82, 2.24) is 0 Å². The van der Waals surface area contributed by atoms with Gasteiger partial charge in [0.1, 0.15) is 6.54 Å². The number of halogens is 1. The van der Waals surface area contributed by atoms with E-state index in [0.717, 1.165) is 24.2 Å². The molecule has 4 heteroatoms. The Morgan fingerprint density at radius 1 is 0.923 bits per heavy atom. The Balaban J connectivity index is 0. The van der Waals surface area contributed by atoms with Crippen molar-refractivity contribution in [2.24, 2.45) is 0 Å². The van der Waals surface area contributed by atoms with Crippen molar-refractivity contribution < 1.29 is 26.4 Å². The van der Waals surface area contributed by atoms with Crippen molar-refractivity contribution in [2.75, 3.05) is 54.1 Å². The van der Waals surface area contributed by atoms with E-state index in [1.807, 2.05) is 6.92 Å². The number of rotatable bonds is 7. The molecule has 0 heterocycles. The van der Waals surface area contributed by atoms with E-state index in [2.05, 4.69) is 21.1 Å². The van der Waals surface area contributed by atoms with E-state index >= 15 is 0 Å². The van der Waals surface area contributed by atoms with E-state index < -0.39 is 0 Å². The molecule has 0 N–H and O–H groups in total. The van der Waals surface area contributed by atoms with Crippen LogP contribution in [0.4, 0.5) is 0 Å². The maximum Gasteiger partial charge on any atom is 0.102 e. The predicted octanol–water partition coefficient (Wildman–Crippen LogP) is -2.25. The Kier molecular flexibility index (Phi) is 10.5. The summed E-state index contributed by atoms with van der Waals surface area (Å²) in [6.45, 7) is 6.06. The highest BCUT2D eigenvalue weighted by Gasteiger charge is 2.04. The minimum atomic E-state index is 0. The molecule has 0 aromatic rings. The lowest BCUT2D eigenvalue weighted by atomic mass is 10.5. The summed E-state index contributed by atoms with van der Waals surface area (Å²) in [6.07, 6.45) is 0. The Hall–Kier alpha value is 0.170. The smallest absolute Gasteiger partial charge is 0.102 e. The molecule has 0 fully saturated rings. The van der Waals surface area contributed by atoms with Gasteiger partial charge in [-0.3, -0.25) is 0 Å². The van der Waals surface area contributed by atoms with Gasteiger partial charge in [0, 0.05) is 6.61 Å². The number of hydrogen-bond donors (Lipinski definition) is 0. The second-order valence-electron chi connectivity index (χ2n) is 3.82. The lowest BCUT2D eigenvalue weighted by Gasteiger charge is -2.23. The van der Waals surface area contributed by atoms with Crippen LogP contribution in [0.25, 0.3) is 0 Å². The van der Waals surface area contributed by atoms with Crippen molar-refractivity contribution in [3.05, 3.63) is 0 Å². The molecule has 0 unspecified atom stereocenters. The predicted molar refractivity (Wildman–Crippen MR) is 50.2 cm³/mol. The molecular formula is C9H22ClNO2. The van der Waals surface area contributed by atoms with E-state index in [9.17, 15) is 0 Å². The van der Waals surface area contributed by atoms with Crippen LogP contribution in [-0.4, -0.2) is 58.6 Å². The van der Waals surface area contributed by atoms with Gasteiger partial charge in [0.15, 0.2) is 0 Å². The number of hydrogen-bond acceptors (Lipinski definition) is 2. The molecule has 0 aliphatic rings. The van der Waals surface area contributed by atoms with Gasteiger partial charge < -0.3 is 26.4 Å². The second-order valence-corrected chi connectivity index (χ2v) is 3.82. The fourth-order valence-corrected chi connectivity index (χ4v) is 0.703. The van der Waals surface area contributed by atoms with Gasteiger partial charge in [-0.2, -0.15) is 0 Å². The van der Waals surface area contributed by atoms with Gasteiger partial charge in [0.2, 0.25) is 0 Å². The van der Waals surface area contributed by atoms with Crippen LogP contribution in [-0.2, 0) is 9.47 Å². The van der Waals surface area contributed by atoms with E-state index in [-0.39, 0.29) is 12.4 Å². The van der Waals surface area contributed by atoms with E-state index in [4.69, 9.17) is 9.47 Å². The largest absolute Gasteiger partial charge is 1.00 e. The van der Waals surface area contributed by atoms with Crippen LogP contribution in [0.2, 0.25) is 0 Å². The summed E-state index contributed by atoms with van der Waals surface area (Å²) in [6, 6.07) is 0. The normalized spacial score (nSPS) is 11.1. The van der Waals surface area contributed by atoms with Crippen LogP contribution < -0.4 is 12.4 Å². The van der Waals surface area contributed by atoms with Crippen LogP contribution >= 0.6 is 0 Å². The van der Waals surface area contributed by atoms with Crippen LogP contribution in [0.5, 0.6) is 0 Å². The Morgan fingerprint density at radius 2 is 1.46 bits per heavy atom. The highest BCUT2D eigenvalue weighted by Crippen LogP contribution is 1.89. The van der Waals surface area contributed by atoms with Gasteiger partial charge in [-0.25, -0.2) is 0 Å². The van der Waals surface area contributed by atoms with E-state index in [1.165, 1.54) is 0 Å². The molecule has 0 aliphatic carbocycles. The van der Waals surface area contributed by atoms with Crippen molar-refractivity contribution in [2.45, 2.75) is 6.92 Å². The molecular weight excluding hydrogens is 190 g/mol. The molecule has 0 spiro atoms. The molecule has 82 valence electrons. The molecule has 0 radical (unpaired) electrons. The molecule has 0 bridgehead atoms. The topological polar surface area (TPSA) is 18.5 Å². The second kappa shape index (κ2) is 8.75. The molecule has 0 atom stereocenters. The third kappa shape index (κ3) is 15.0. The molecule has 0 rings (SSSR count). The maximum atomic E-state index is 5.37. The van der Waals surface area contributed by atoms with E-state index in [1.54, 1.807) is 0 Å². The standard InChI is InChI=1S/C9H22NO2.ClH/c1-5-11-8-9-12-7-6-10(2,3)4;/h5-9H2,1-4H3;1H/q+1;/p-1. The summed E-state index contributed by atoms with van der Waals surface area (Å²) in [5.74, 6) is 0. The van der Waals surface area contributed by atoms with Crippen LogP contribution in [0, 0.1) is 0 Å². The molecule has 0 aromatic heterocycles. The lowest BCUT2D eigenvalue weighted by Crippen LogP contribution is -3.00. The Bertz CT molecular complexity index is 104. The molecule has 0 amide bonds. The average Bonchev–Trinajstić information content (AvgIpc) is 1.94. The molecule has 0 saturated carbocycles. The average molecular weight is 212 g/mol. The number of quaternary nitrogens is 1. The quantitative estimate of drug-likeness (QED) is 0.350. The number of nitrogens with zero attached hydrogens (tertiary/aromatic N) is 1. The van der Waals surface area contributed by atoms with E-state index in [0.29, 0.717) is 13.2 Å². The molecule has 13 heavy (non-hydrogen) atoms. The maximum absolute atomic E-state index is 5.37. The van der Waals surface area contributed by atoms with Crippen molar-refractivity contribution in [1.29, 1.82) is 0 Å². The zero-order valence-corrected chi connectivity index (χ0v) is 9.93. The fourth-order valence-electron chi connectivity index (χ4n) is 0.703. The Morgan fingerprint density at radius 3 is 1.92 bits per heavy atom. The van der Waals surface area contributed by atoms with Crippen LogP contribution in [0.3, 0.4) is 0 Å². The van der Waals surface area contributed by atoms with Gasteiger partial charge in [-0.1, -0.05) is 0 Å². The third-order valence-corrected chi connectivity index (χ3v) is 1.48. The van der Waals surface area contributed by atoms with Crippen molar-refractivity contribution in [3.8, 4) is 0 Å². The van der Waals surface area contributed by atoms with Gasteiger partial charge in [-0.15, -0.1) is 0 Å². The number of ether oxygens (including phenoxy) is 2. The minimum Gasteiger partial charge on any atom is -1.00 e.